The second kappa shape index (κ2) is 8.24. The summed E-state index contributed by atoms with van der Waals surface area (Å²) in [6.07, 6.45) is 3.85. The number of alkyl halides is 1. The van der Waals surface area contributed by atoms with E-state index in [0.29, 0.717) is 18.4 Å². The monoisotopic (exact) mass is 387 g/mol. The standard InChI is InChI=1S/C21H26FN3O3/c1-2-14-5-7-15(8-6-14)17-4-3-11-21(18(17)22,19(23)24-28)20(27)25-12-9-16(26)10-13-25/h3-8,11,16,18,26,28H,2,9-10,12-13H2,1H3,(H2,23,24). The third kappa shape index (κ3) is 3.47. The molecule has 150 valence electrons. The van der Waals surface area contributed by atoms with Gasteiger partial charge in [0.05, 0.1) is 6.10 Å². The molecule has 2 aliphatic rings. The number of carbonyl (C=O) groups is 1. The number of aryl methyl sites for hydroxylation is 1. The van der Waals surface area contributed by atoms with Gasteiger partial charge in [-0.25, -0.2) is 4.39 Å². The molecule has 28 heavy (non-hydrogen) atoms. The van der Waals surface area contributed by atoms with Crippen molar-refractivity contribution < 1.29 is 19.5 Å². The Labute approximate surface area is 163 Å². The molecule has 0 aromatic heterocycles. The number of benzene rings is 1. The summed E-state index contributed by atoms with van der Waals surface area (Å²) in [5.74, 6) is -1.20. The highest BCUT2D eigenvalue weighted by atomic mass is 19.1. The molecule has 0 saturated carbocycles. The van der Waals surface area contributed by atoms with E-state index in [0.717, 1.165) is 12.0 Å². The van der Waals surface area contributed by atoms with Crippen molar-refractivity contribution >= 4 is 17.3 Å². The fraction of sp³-hybridized carbons (Fsp3) is 0.429. The summed E-state index contributed by atoms with van der Waals surface area (Å²) in [7, 11) is 0. The number of nitrogens with one attached hydrogen (secondary N) is 2. The quantitative estimate of drug-likeness (QED) is 0.363. The summed E-state index contributed by atoms with van der Waals surface area (Å²) in [4.78, 5) is 14.8. The average Bonchev–Trinajstić information content (AvgIpc) is 2.73. The number of piperidine rings is 1. The van der Waals surface area contributed by atoms with E-state index in [1.807, 2.05) is 19.1 Å². The van der Waals surface area contributed by atoms with E-state index in [4.69, 9.17) is 5.41 Å². The minimum atomic E-state index is -1.97. The van der Waals surface area contributed by atoms with Gasteiger partial charge in [-0.2, -0.15) is 0 Å². The molecule has 1 amide bonds. The van der Waals surface area contributed by atoms with Crippen molar-refractivity contribution in [2.45, 2.75) is 38.5 Å². The van der Waals surface area contributed by atoms with Crippen LogP contribution in [-0.4, -0.2) is 52.3 Å². The van der Waals surface area contributed by atoms with E-state index >= 15 is 4.39 Å². The van der Waals surface area contributed by atoms with Crippen LogP contribution in [0.15, 0.2) is 42.5 Å². The molecule has 3 rings (SSSR count). The Balaban J connectivity index is 1.96. The van der Waals surface area contributed by atoms with E-state index in [9.17, 15) is 15.1 Å². The fourth-order valence-electron chi connectivity index (χ4n) is 3.81. The number of carbonyl (C=O) groups excluding carboxylic acids is 1. The molecule has 2 atom stereocenters. The predicted octanol–water partition coefficient (Wildman–Crippen LogP) is 2.47. The van der Waals surface area contributed by atoms with E-state index in [1.54, 1.807) is 29.8 Å². The Morgan fingerprint density at radius 2 is 1.96 bits per heavy atom. The minimum Gasteiger partial charge on any atom is -0.393 e. The van der Waals surface area contributed by atoms with Gasteiger partial charge in [-0.3, -0.25) is 20.9 Å². The molecule has 4 N–H and O–H groups in total. The van der Waals surface area contributed by atoms with Gasteiger partial charge in [-0.05, 0) is 36.0 Å². The van der Waals surface area contributed by atoms with Crippen molar-refractivity contribution in [2.24, 2.45) is 5.41 Å². The maximum Gasteiger partial charge on any atom is 0.243 e. The molecular formula is C21H26FN3O3. The van der Waals surface area contributed by atoms with E-state index in [2.05, 4.69) is 0 Å². The van der Waals surface area contributed by atoms with Gasteiger partial charge in [-0.15, -0.1) is 0 Å². The zero-order chi connectivity index (χ0) is 20.3. The van der Waals surface area contributed by atoms with Crippen LogP contribution in [0.25, 0.3) is 5.57 Å². The number of likely N-dealkylation sites (tertiary alicyclic amines) is 1. The lowest BCUT2D eigenvalue weighted by atomic mass is 9.72. The number of aliphatic hydroxyl groups excluding tert-OH is 1. The zero-order valence-corrected chi connectivity index (χ0v) is 15.9. The second-order valence-corrected chi connectivity index (χ2v) is 7.27. The topological polar surface area (TPSA) is 96.7 Å². The number of allylic oxidation sites excluding steroid dienone is 3. The molecule has 1 fully saturated rings. The number of hydrogen-bond donors (Lipinski definition) is 4. The van der Waals surface area contributed by atoms with Gasteiger partial charge in [0, 0.05) is 13.1 Å². The highest BCUT2D eigenvalue weighted by Crippen LogP contribution is 2.41. The molecule has 1 aromatic carbocycles. The molecule has 0 radical (unpaired) electrons. The van der Waals surface area contributed by atoms with E-state index in [1.165, 1.54) is 11.0 Å². The first-order valence-corrected chi connectivity index (χ1v) is 9.53. The summed E-state index contributed by atoms with van der Waals surface area (Å²) in [6, 6.07) is 7.43. The molecule has 0 spiro atoms. The van der Waals surface area contributed by atoms with Gasteiger partial charge in [0.25, 0.3) is 0 Å². The van der Waals surface area contributed by atoms with Gasteiger partial charge in [-0.1, -0.05) is 49.4 Å². The van der Waals surface area contributed by atoms with E-state index < -0.39 is 29.4 Å². The van der Waals surface area contributed by atoms with Crippen molar-refractivity contribution in [1.82, 2.24) is 10.4 Å². The predicted molar refractivity (Wildman–Crippen MR) is 105 cm³/mol. The maximum absolute atomic E-state index is 15.8. The normalized spacial score (nSPS) is 25.4. The number of halogens is 1. The van der Waals surface area contributed by atoms with Gasteiger partial charge < -0.3 is 10.0 Å². The summed E-state index contributed by atoms with van der Waals surface area (Å²) in [5.41, 5.74) is 1.76. The lowest BCUT2D eigenvalue weighted by Gasteiger charge is -2.41. The number of amidine groups is 1. The van der Waals surface area contributed by atoms with Crippen molar-refractivity contribution in [1.29, 1.82) is 5.41 Å². The fourth-order valence-corrected chi connectivity index (χ4v) is 3.81. The van der Waals surface area contributed by atoms with Crippen molar-refractivity contribution in [2.75, 3.05) is 13.1 Å². The van der Waals surface area contributed by atoms with Crippen molar-refractivity contribution in [3.05, 3.63) is 53.6 Å². The number of aliphatic hydroxyl groups is 1. The number of amides is 1. The van der Waals surface area contributed by atoms with Gasteiger partial charge >= 0.3 is 0 Å². The second-order valence-electron chi connectivity index (χ2n) is 7.27. The summed E-state index contributed by atoms with van der Waals surface area (Å²) in [6.45, 7) is 2.60. The Kier molecular flexibility index (Phi) is 5.96. The zero-order valence-electron chi connectivity index (χ0n) is 15.9. The van der Waals surface area contributed by atoms with E-state index in [-0.39, 0.29) is 18.7 Å². The Morgan fingerprint density at radius 3 is 2.54 bits per heavy atom. The highest BCUT2D eigenvalue weighted by Gasteiger charge is 2.53. The molecule has 1 aromatic rings. The molecule has 1 saturated heterocycles. The van der Waals surface area contributed by atoms with Crippen LogP contribution < -0.4 is 5.48 Å². The first-order valence-electron chi connectivity index (χ1n) is 9.53. The largest absolute Gasteiger partial charge is 0.393 e. The van der Waals surface area contributed by atoms with Crippen LogP contribution in [0, 0.1) is 10.8 Å². The van der Waals surface area contributed by atoms with Crippen LogP contribution in [0.4, 0.5) is 4.39 Å². The van der Waals surface area contributed by atoms with Crippen LogP contribution in [0.1, 0.15) is 30.9 Å². The van der Waals surface area contributed by atoms with Crippen LogP contribution >= 0.6 is 0 Å². The van der Waals surface area contributed by atoms with Crippen LogP contribution in [0.2, 0.25) is 0 Å². The van der Waals surface area contributed by atoms with Gasteiger partial charge in [0.15, 0.2) is 11.6 Å². The molecule has 0 bridgehead atoms. The average molecular weight is 387 g/mol. The highest BCUT2D eigenvalue weighted by molar-refractivity contribution is 6.11. The van der Waals surface area contributed by atoms with Gasteiger partial charge in [0.1, 0.15) is 5.84 Å². The lowest BCUT2D eigenvalue weighted by molar-refractivity contribution is -0.140. The minimum absolute atomic E-state index is 0.283. The summed E-state index contributed by atoms with van der Waals surface area (Å²) < 4.78 is 15.8. The van der Waals surface area contributed by atoms with Crippen molar-refractivity contribution in [3.8, 4) is 0 Å². The van der Waals surface area contributed by atoms with Crippen LogP contribution in [0.5, 0.6) is 0 Å². The molecular weight excluding hydrogens is 361 g/mol. The molecule has 2 unspecified atom stereocenters. The van der Waals surface area contributed by atoms with Crippen LogP contribution in [0.3, 0.4) is 0 Å². The Morgan fingerprint density at radius 1 is 1.32 bits per heavy atom. The lowest BCUT2D eigenvalue weighted by Crippen LogP contribution is -2.58. The Bertz CT molecular complexity index is 798. The Hall–Kier alpha value is -2.51. The molecule has 1 aliphatic carbocycles. The maximum atomic E-state index is 15.8. The summed E-state index contributed by atoms with van der Waals surface area (Å²) in [5, 5.41) is 27.2. The first-order chi connectivity index (χ1) is 13.4. The third-order valence-corrected chi connectivity index (χ3v) is 5.63. The SMILES string of the molecule is CCc1ccc(C2=CC=CC(C(=N)NO)(C(=O)N3CCC(O)CC3)C2F)cc1. The smallest absolute Gasteiger partial charge is 0.243 e. The summed E-state index contributed by atoms with van der Waals surface area (Å²) >= 11 is 0. The number of hydrogen-bond acceptors (Lipinski definition) is 4. The number of hydroxylamine groups is 1. The third-order valence-electron chi connectivity index (χ3n) is 5.63. The molecule has 6 nitrogen and oxygen atoms in total. The van der Waals surface area contributed by atoms with Gasteiger partial charge in [0.2, 0.25) is 5.91 Å². The molecule has 1 heterocycles. The van der Waals surface area contributed by atoms with Crippen LogP contribution in [-0.2, 0) is 11.2 Å². The van der Waals surface area contributed by atoms with Crippen molar-refractivity contribution in [3.63, 3.8) is 0 Å². The number of nitrogens with zero attached hydrogens (tertiary/aromatic N) is 1. The first kappa shape index (κ1) is 20.2. The molecule has 1 aliphatic heterocycles. The molecule has 7 heteroatoms. The number of rotatable bonds is 4.